The van der Waals surface area contributed by atoms with Gasteiger partial charge >= 0.3 is 6.36 Å². The predicted octanol–water partition coefficient (Wildman–Crippen LogP) is 3.42. The molecule has 0 aliphatic rings. The van der Waals surface area contributed by atoms with Gasteiger partial charge in [0.15, 0.2) is 0 Å². The molecule has 0 heterocycles. The van der Waals surface area contributed by atoms with Crippen LogP contribution >= 0.6 is 0 Å². The van der Waals surface area contributed by atoms with Crippen LogP contribution in [0.25, 0.3) is 0 Å². The van der Waals surface area contributed by atoms with Crippen LogP contribution in [0.1, 0.15) is 18.0 Å². The number of benzene rings is 1. The van der Waals surface area contributed by atoms with Gasteiger partial charge in [-0.15, -0.1) is 19.8 Å². The molecule has 0 bridgehead atoms. The summed E-state index contributed by atoms with van der Waals surface area (Å²) in [5.74, 6) is -0.213. The molecule has 0 saturated carbocycles. The molecule has 1 aromatic rings. The summed E-state index contributed by atoms with van der Waals surface area (Å²) < 4.78 is 39.6. The average molecular weight is 245 g/mol. The van der Waals surface area contributed by atoms with Crippen molar-refractivity contribution in [3.05, 3.63) is 42.5 Å². The van der Waals surface area contributed by atoms with Crippen molar-refractivity contribution in [2.75, 3.05) is 7.05 Å². The highest BCUT2D eigenvalue weighted by atomic mass is 19.4. The van der Waals surface area contributed by atoms with E-state index in [4.69, 9.17) is 0 Å². The Labute approximate surface area is 98.1 Å². The van der Waals surface area contributed by atoms with Crippen LogP contribution in [-0.2, 0) is 0 Å². The van der Waals surface area contributed by atoms with Crippen LogP contribution in [0.5, 0.6) is 5.75 Å². The number of rotatable bonds is 5. The van der Waals surface area contributed by atoms with E-state index in [1.165, 1.54) is 12.1 Å². The standard InChI is InChI=1S/C12H14F3NO/c1-3-4-11(16-2)9-5-7-10(8-6-9)17-12(13,14)15/h3,5-8,11,16H,1,4H2,2H3. The zero-order valence-corrected chi connectivity index (χ0v) is 9.42. The first-order chi connectivity index (χ1) is 7.96. The third-order valence-corrected chi connectivity index (χ3v) is 2.27. The highest BCUT2D eigenvalue weighted by Crippen LogP contribution is 2.25. The molecule has 1 atom stereocenters. The van der Waals surface area contributed by atoms with Crippen molar-refractivity contribution in [3.63, 3.8) is 0 Å². The quantitative estimate of drug-likeness (QED) is 0.802. The second-order valence-electron chi connectivity index (χ2n) is 3.48. The molecule has 1 aromatic carbocycles. The first-order valence-corrected chi connectivity index (χ1v) is 5.10. The second kappa shape index (κ2) is 5.72. The van der Waals surface area contributed by atoms with Gasteiger partial charge in [-0.3, -0.25) is 0 Å². The summed E-state index contributed by atoms with van der Waals surface area (Å²) in [6, 6.07) is 5.86. The number of nitrogens with one attached hydrogen (secondary N) is 1. The van der Waals surface area contributed by atoms with Gasteiger partial charge in [-0.1, -0.05) is 18.2 Å². The molecule has 94 valence electrons. The van der Waals surface area contributed by atoms with E-state index >= 15 is 0 Å². The zero-order chi connectivity index (χ0) is 12.9. The molecule has 1 unspecified atom stereocenters. The maximum atomic E-state index is 11.9. The van der Waals surface area contributed by atoms with Gasteiger partial charge in [0, 0.05) is 6.04 Å². The molecule has 0 aliphatic heterocycles. The van der Waals surface area contributed by atoms with Gasteiger partial charge < -0.3 is 10.1 Å². The number of hydrogen-bond acceptors (Lipinski definition) is 2. The van der Waals surface area contributed by atoms with Crippen molar-refractivity contribution in [2.24, 2.45) is 0 Å². The molecule has 5 heteroatoms. The third kappa shape index (κ3) is 4.48. The van der Waals surface area contributed by atoms with Gasteiger partial charge in [0.05, 0.1) is 0 Å². The Kier molecular flexibility index (Phi) is 4.57. The highest BCUT2D eigenvalue weighted by Gasteiger charge is 2.30. The lowest BCUT2D eigenvalue weighted by Gasteiger charge is -2.15. The molecule has 0 fully saturated rings. The average Bonchev–Trinajstić information content (AvgIpc) is 2.25. The van der Waals surface area contributed by atoms with E-state index in [9.17, 15) is 13.2 Å². The first kappa shape index (κ1) is 13.6. The van der Waals surface area contributed by atoms with Crippen LogP contribution in [0.3, 0.4) is 0 Å². The largest absolute Gasteiger partial charge is 0.573 e. The van der Waals surface area contributed by atoms with E-state index in [2.05, 4.69) is 16.6 Å². The molecule has 2 nitrogen and oxygen atoms in total. The van der Waals surface area contributed by atoms with Crippen molar-refractivity contribution in [1.29, 1.82) is 0 Å². The highest BCUT2D eigenvalue weighted by molar-refractivity contribution is 5.29. The van der Waals surface area contributed by atoms with Gasteiger partial charge in [0.25, 0.3) is 0 Å². The van der Waals surface area contributed by atoms with Gasteiger partial charge in [-0.05, 0) is 31.2 Å². The molecule has 0 aromatic heterocycles. The Morgan fingerprint density at radius 3 is 2.35 bits per heavy atom. The summed E-state index contributed by atoms with van der Waals surface area (Å²) in [5, 5.41) is 3.05. The Morgan fingerprint density at radius 2 is 1.94 bits per heavy atom. The van der Waals surface area contributed by atoms with E-state index in [0.29, 0.717) is 6.42 Å². The number of halogens is 3. The fraction of sp³-hybridized carbons (Fsp3) is 0.333. The molecule has 0 saturated heterocycles. The summed E-state index contributed by atoms with van der Waals surface area (Å²) in [5.41, 5.74) is 0.891. The van der Waals surface area contributed by atoms with Crippen molar-refractivity contribution in [3.8, 4) is 5.75 Å². The van der Waals surface area contributed by atoms with Crippen LogP contribution < -0.4 is 10.1 Å². The minimum atomic E-state index is -4.65. The van der Waals surface area contributed by atoms with Gasteiger partial charge in [-0.2, -0.15) is 0 Å². The first-order valence-electron chi connectivity index (χ1n) is 5.10. The third-order valence-electron chi connectivity index (χ3n) is 2.27. The fourth-order valence-corrected chi connectivity index (χ4v) is 1.49. The molecule has 0 aliphatic carbocycles. The normalized spacial score (nSPS) is 13.2. The summed E-state index contributed by atoms with van der Waals surface area (Å²) >= 11 is 0. The second-order valence-corrected chi connectivity index (χ2v) is 3.48. The monoisotopic (exact) mass is 245 g/mol. The Bertz CT molecular complexity index is 359. The van der Waals surface area contributed by atoms with Crippen LogP contribution in [0.4, 0.5) is 13.2 Å². The fourth-order valence-electron chi connectivity index (χ4n) is 1.49. The Balaban J connectivity index is 2.76. The van der Waals surface area contributed by atoms with Gasteiger partial charge in [-0.25, -0.2) is 0 Å². The van der Waals surface area contributed by atoms with Crippen LogP contribution in [-0.4, -0.2) is 13.4 Å². The summed E-state index contributed by atoms with van der Waals surface area (Å²) in [6.45, 7) is 3.63. The van der Waals surface area contributed by atoms with Gasteiger partial charge in [0.1, 0.15) is 5.75 Å². The lowest BCUT2D eigenvalue weighted by molar-refractivity contribution is -0.274. The maximum absolute atomic E-state index is 11.9. The van der Waals surface area contributed by atoms with Crippen LogP contribution in [0.2, 0.25) is 0 Å². The smallest absolute Gasteiger partial charge is 0.406 e. The summed E-state index contributed by atoms with van der Waals surface area (Å²) in [6.07, 6.45) is -2.19. The van der Waals surface area contributed by atoms with E-state index in [1.807, 2.05) is 0 Å². The molecule has 0 radical (unpaired) electrons. The Morgan fingerprint density at radius 1 is 1.35 bits per heavy atom. The molecule has 17 heavy (non-hydrogen) atoms. The number of alkyl halides is 3. The minimum absolute atomic E-state index is 0.0486. The molecule has 0 amide bonds. The van der Waals surface area contributed by atoms with Crippen LogP contribution in [0, 0.1) is 0 Å². The predicted molar refractivity (Wildman–Crippen MR) is 59.7 cm³/mol. The van der Waals surface area contributed by atoms with Crippen molar-refractivity contribution < 1.29 is 17.9 Å². The lowest BCUT2D eigenvalue weighted by atomic mass is 10.0. The zero-order valence-electron chi connectivity index (χ0n) is 9.42. The topological polar surface area (TPSA) is 21.3 Å². The van der Waals surface area contributed by atoms with Crippen molar-refractivity contribution in [1.82, 2.24) is 5.32 Å². The minimum Gasteiger partial charge on any atom is -0.406 e. The van der Waals surface area contributed by atoms with Crippen molar-refractivity contribution >= 4 is 0 Å². The summed E-state index contributed by atoms with van der Waals surface area (Å²) in [7, 11) is 1.79. The Hall–Kier alpha value is -1.49. The molecule has 1 N–H and O–H groups in total. The molecular weight excluding hydrogens is 231 g/mol. The molecular formula is C12H14F3NO. The molecule has 0 spiro atoms. The lowest BCUT2D eigenvalue weighted by Crippen LogP contribution is -2.18. The van der Waals surface area contributed by atoms with Crippen LogP contribution in [0.15, 0.2) is 36.9 Å². The van der Waals surface area contributed by atoms with Gasteiger partial charge in [0.2, 0.25) is 0 Å². The van der Waals surface area contributed by atoms with E-state index < -0.39 is 6.36 Å². The maximum Gasteiger partial charge on any atom is 0.573 e. The van der Waals surface area contributed by atoms with E-state index in [1.54, 1.807) is 25.3 Å². The van der Waals surface area contributed by atoms with Crippen molar-refractivity contribution in [2.45, 2.75) is 18.8 Å². The molecule has 1 rings (SSSR count). The van der Waals surface area contributed by atoms with E-state index in [0.717, 1.165) is 5.56 Å². The van der Waals surface area contributed by atoms with E-state index in [-0.39, 0.29) is 11.8 Å². The number of ether oxygens (including phenoxy) is 1. The number of hydrogen-bond donors (Lipinski definition) is 1. The SMILES string of the molecule is C=CCC(NC)c1ccc(OC(F)(F)F)cc1. The summed E-state index contributed by atoms with van der Waals surface area (Å²) in [4.78, 5) is 0.